The lowest BCUT2D eigenvalue weighted by Crippen LogP contribution is -2.10. The van der Waals surface area contributed by atoms with Gasteiger partial charge in [0.05, 0.1) is 11.4 Å². The van der Waals surface area contributed by atoms with Crippen LogP contribution in [-0.2, 0) is 12.0 Å². The lowest BCUT2D eigenvalue weighted by atomic mass is 9.86. The third kappa shape index (κ3) is 2.50. The first-order valence-corrected chi connectivity index (χ1v) is 7.37. The Bertz CT molecular complexity index is 811. The summed E-state index contributed by atoms with van der Waals surface area (Å²) in [6.45, 7) is 6.85. The third-order valence-electron chi connectivity index (χ3n) is 3.90. The molecule has 0 atom stereocenters. The molecule has 0 amide bonds. The number of hydrogen-bond donors (Lipinski definition) is 1. The number of pyridine rings is 1. The Hall–Kier alpha value is -2.20. The maximum absolute atomic E-state index is 13.5. The molecule has 2 heterocycles. The number of rotatable bonds is 2. The first-order valence-electron chi connectivity index (χ1n) is 7.37. The summed E-state index contributed by atoms with van der Waals surface area (Å²) in [5, 5.41) is 0. The van der Waals surface area contributed by atoms with Crippen LogP contribution in [-0.4, -0.2) is 9.38 Å². The topological polar surface area (TPSA) is 43.3 Å². The number of nitrogens with two attached hydrogens (primary N) is 1. The molecular weight excluding hydrogens is 277 g/mol. The van der Waals surface area contributed by atoms with Crippen molar-refractivity contribution in [3.05, 3.63) is 59.7 Å². The van der Waals surface area contributed by atoms with Crippen LogP contribution >= 0.6 is 0 Å². The van der Waals surface area contributed by atoms with Crippen molar-refractivity contribution in [1.82, 2.24) is 9.38 Å². The monoisotopic (exact) mass is 297 g/mol. The summed E-state index contributed by atoms with van der Waals surface area (Å²) in [5.41, 5.74) is 10.6. The van der Waals surface area contributed by atoms with E-state index >= 15 is 0 Å². The standard InChI is InChI=1S/C18H20FN3/c1-18(2,3)13-6-4-12(5-7-13)17-15(10-20)22-11-14(19)8-9-16(22)21-17/h4-9,11H,10,20H2,1-3H3. The molecule has 0 radical (unpaired) electrons. The fourth-order valence-electron chi connectivity index (χ4n) is 2.62. The van der Waals surface area contributed by atoms with Crippen molar-refractivity contribution in [3.63, 3.8) is 0 Å². The predicted molar refractivity (Wildman–Crippen MR) is 87.2 cm³/mol. The van der Waals surface area contributed by atoms with Gasteiger partial charge in [0, 0.05) is 18.3 Å². The maximum Gasteiger partial charge on any atom is 0.139 e. The van der Waals surface area contributed by atoms with Gasteiger partial charge in [-0.3, -0.25) is 4.40 Å². The quantitative estimate of drug-likeness (QED) is 0.779. The van der Waals surface area contributed by atoms with E-state index in [2.05, 4.69) is 50.0 Å². The zero-order valence-corrected chi connectivity index (χ0v) is 13.1. The van der Waals surface area contributed by atoms with E-state index in [1.54, 1.807) is 10.5 Å². The number of aromatic nitrogens is 2. The van der Waals surface area contributed by atoms with E-state index < -0.39 is 0 Å². The fraction of sp³-hybridized carbons (Fsp3) is 0.278. The molecule has 22 heavy (non-hydrogen) atoms. The second-order valence-electron chi connectivity index (χ2n) is 6.51. The molecule has 0 saturated heterocycles. The van der Waals surface area contributed by atoms with Gasteiger partial charge in [-0.05, 0) is 23.1 Å². The van der Waals surface area contributed by atoms with E-state index in [1.807, 2.05) is 0 Å². The Labute approximate surface area is 129 Å². The van der Waals surface area contributed by atoms with Gasteiger partial charge in [0.1, 0.15) is 11.5 Å². The van der Waals surface area contributed by atoms with Crippen molar-refractivity contribution in [3.8, 4) is 11.3 Å². The molecule has 0 aliphatic heterocycles. The minimum absolute atomic E-state index is 0.108. The summed E-state index contributed by atoms with van der Waals surface area (Å²) in [6.07, 6.45) is 1.43. The van der Waals surface area contributed by atoms with Gasteiger partial charge >= 0.3 is 0 Å². The van der Waals surface area contributed by atoms with E-state index in [4.69, 9.17) is 5.73 Å². The van der Waals surface area contributed by atoms with Crippen LogP contribution in [0.25, 0.3) is 16.9 Å². The van der Waals surface area contributed by atoms with Crippen molar-refractivity contribution < 1.29 is 4.39 Å². The molecule has 3 nitrogen and oxygen atoms in total. The zero-order chi connectivity index (χ0) is 15.9. The average molecular weight is 297 g/mol. The molecule has 0 spiro atoms. The van der Waals surface area contributed by atoms with Crippen LogP contribution in [0.15, 0.2) is 42.6 Å². The highest BCUT2D eigenvalue weighted by molar-refractivity contribution is 5.67. The van der Waals surface area contributed by atoms with Crippen molar-refractivity contribution >= 4 is 5.65 Å². The largest absolute Gasteiger partial charge is 0.325 e. The first-order chi connectivity index (χ1) is 10.4. The van der Waals surface area contributed by atoms with Crippen LogP contribution in [0, 0.1) is 5.82 Å². The van der Waals surface area contributed by atoms with Crippen molar-refractivity contribution in [1.29, 1.82) is 0 Å². The molecule has 3 aromatic rings. The Morgan fingerprint density at radius 2 is 1.77 bits per heavy atom. The molecule has 114 valence electrons. The van der Waals surface area contributed by atoms with Gasteiger partial charge in [-0.25, -0.2) is 9.37 Å². The number of benzene rings is 1. The Morgan fingerprint density at radius 3 is 2.36 bits per heavy atom. The number of halogens is 1. The molecule has 2 aromatic heterocycles. The summed E-state index contributed by atoms with van der Waals surface area (Å²) in [7, 11) is 0. The SMILES string of the molecule is CC(C)(C)c1ccc(-c2nc3ccc(F)cn3c2CN)cc1. The highest BCUT2D eigenvalue weighted by Crippen LogP contribution is 2.28. The molecule has 0 fully saturated rings. The second kappa shape index (κ2) is 5.21. The Kier molecular flexibility index (Phi) is 3.49. The van der Waals surface area contributed by atoms with Gasteiger partial charge in [0.2, 0.25) is 0 Å². The summed E-state index contributed by atoms with van der Waals surface area (Å²) in [5.74, 6) is -0.297. The van der Waals surface area contributed by atoms with E-state index in [-0.39, 0.29) is 11.2 Å². The summed E-state index contributed by atoms with van der Waals surface area (Å²) in [6, 6.07) is 11.4. The first kappa shape index (κ1) is 14.7. The molecule has 1 aromatic carbocycles. The average Bonchev–Trinajstić information content (AvgIpc) is 2.84. The molecule has 4 heteroatoms. The lowest BCUT2D eigenvalue weighted by molar-refractivity contribution is 0.590. The minimum atomic E-state index is -0.297. The van der Waals surface area contributed by atoms with Crippen molar-refractivity contribution in [2.75, 3.05) is 0 Å². The molecular formula is C18H20FN3. The van der Waals surface area contributed by atoms with Gasteiger partial charge in [-0.1, -0.05) is 45.0 Å². The van der Waals surface area contributed by atoms with Crippen molar-refractivity contribution in [2.24, 2.45) is 5.73 Å². The molecule has 0 aliphatic carbocycles. The number of fused-ring (bicyclic) bond motifs is 1. The highest BCUT2D eigenvalue weighted by atomic mass is 19.1. The lowest BCUT2D eigenvalue weighted by Gasteiger charge is -2.19. The molecule has 2 N–H and O–H groups in total. The van der Waals surface area contributed by atoms with Crippen LogP contribution in [0.3, 0.4) is 0 Å². The number of hydrogen-bond acceptors (Lipinski definition) is 2. The highest BCUT2D eigenvalue weighted by Gasteiger charge is 2.16. The second-order valence-corrected chi connectivity index (χ2v) is 6.51. The van der Waals surface area contributed by atoms with Crippen LogP contribution < -0.4 is 5.73 Å². The predicted octanol–water partition coefficient (Wildman–Crippen LogP) is 3.90. The van der Waals surface area contributed by atoms with E-state index in [0.717, 1.165) is 17.0 Å². The zero-order valence-electron chi connectivity index (χ0n) is 13.1. The summed E-state index contributed by atoms with van der Waals surface area (Å²) < 4.78 is 15.2. The molecule has 0 bridgehead atoms. The summed E-state index contributed by atoms with van der Waals surface area (Å²) >= 11 is 0. The van der Waals surface area contributed by atoms with Crippen LogP contribution in [0.1, 0.15) is 32.0 Å². The van der Waals surface area contributed by atoms with Crippen molar-refractivity contribution in [2.45, 2.75) is 32.7 Å². The fourth-order valence-corrected chi connectivity index (χ4v) is 2.62. The van der Waals surface area contributed by atoms with Gasteiger partial charge in [0.25, 0.3) is 0 Å². The number of imidazole rings is 1. The van der Waals surface area contributed by atoms with E-state index in [0.29, 0.717) is 12.2 Å². The maximum atomic E-state index is 13.5. The van der Waals surface area contributed by atoms with Gasteiger partial charge in [-0.15, -0.1) is 0 Å². The smallest absolute Gasteiger partial charge is 0.139 e. The van der Waals surface area contributed by atoms with Crippen LogP contribution in [0.2, 0.25) is 0 Å². The van der Waals surface area contributed by atoms with Gasteiger partial charge in [0.15, 0.2) is 0 Å². The molecule has 3 rings (SSSR count). The third-order valence-corrected chi connectivity index (χ3v) is 3.90. The summed E-state index contributed by atoms with van der Waals surface area (Å²) in [4.78, 5) is 4.60. The van der Waals surface area contributed by atoms with E-state index in [9.17, 15) is 4.39 Å². The Balaban J connectivity index is 2.13. The number of nitrogens with zero attached hydrogens (tertiary/aromatic N) is 2. The Morgan fingerprint density at radius 1 is 1.09 bits per heavy atom. The van der Waals surface area contributed by atoms with Gasteiger partial charge in [-0.2, -0.15) is 0 Å². The molecule has 0 aliphatic rings. The normalized spacial score (nSPS) is 12.0. The van der Waals surface area contributed by atoms with Crippen LogP contribution in [0.4, 0.5) is 4.39 Å². The molecule has 0 unspecified atom stereocenters. The van der Waals surface area contributed by atoms with E-state index in [1.165, 1.54) is 17.8 Å². The van der Waals surface area contributed by atoms with Gasteiger partial charge < -0.3 is 5.73 Å². The molecule has 0 saturated carbocycles. The minimum Gasteiger partial charge on any atom is -0.325 e. The van der Waals surface area contributed by atoms with Crippen LogP contribution in [0.5, 0.6) is 0 Å².